The zero-order valence-electron chi connectivity index (χ0n) is 16.9. The van der Waals surface area contributed by atoms with E-state index in [0.29, 0.717) is 12.1 Å². The molecule has 0 amide bonds. The number of carbonyl (C=O) groups excluding carboxylic acids is 1. The average molecular weight is 411 g/mol. The van der Waals surface area contributed by atoms with Crippen LogP contribution in [0.3, 0.4) is 0 Å². The first-order valence-electron chi connectivity index (χ1n) is 9.58. The van der Waals surface area contributed by atoms with Crippen LogP contribution in [0.15, 0.2) is 59.8 Å². The summed E-state index contributed by atoms with van der Waals surface area (Å²) >= 11 is 1.39. The van der Waals surface area contributed by atoms with E-state index in [0.717, 1.165) is 23.0 Å². The number of carbonyl (C=O) groups is 1. The number of thioether (sulfide) groups is 1. The Bertz CT molecular complexity index is 939. The molecule has 6 nitrogen and oxygen atoms in total. The summed E-state index contributed by atoms with van der Waals surface area (Å²) in [4.78, 5) is 14.7. The minimum absolute atomic E-state index is 0.00883. The van der Waals surface area contributed by atoms with Gasteiger partial charge in [-0.15, -0.1) is 10.2 Å². The lowest BCUT2D eigenvalue weighted by molar-refractivity contribution is 0.102. The second-order valence-corrected chi connectivity index (χ2v) is 8.00. The van der Waals surface area contributed by atoms with Crippen LogP contribution in [0.1, 0.15) is 41.1 Å². The number of nitrogens with zero attached hydrogens (tertiary/aromatic N) is 4. The Morgan fingerprint density at radius 1 is 1.10 bits per heavy atom. The zero-order valence-corrected chi connectivity index (χ0v) is 17.8. The van der Waals surface area contributed by atoms with E-state index in [1.54, 1.807) is 12.1 Å². The number of ketones is 1. The molecular weight excluding hydrogens is 384 g/mol. The van der Waals surface area contributed by atoms with Gasteiger partial charge in [-0.2, -0.15) is 0 Å². The quantitative estimate of drug-likeness (QED) is 0.424. The molecule has 29 heavy (non-hydrogen) atoms. The first-order chi connectivity index (χ1) is 14.0. The number of phenolic OH excluding ortho intramolecular Hbond substituents is 1. The molecule has 0 saturated heterocycles. The summed E-state index contributed by atoms with van der Waals surface area (Å²) in [6, 6.07) is 16.7. The molecule has 0 saturated carbocycles. The fourth-order valence-corrected chi connectivity index (χ4v) is 4.05. The van der Waals surface area contributed by atoms with Crippen molar-refractivity contribution in [1.82, 2.24) is 19.7 Å². The molecule has 1 atom stereocenters. The molecule has 0 unspecified atom stereocenters. The number of aromatic nitrogens is 3. The largest absolute Gasteiger partial charge is 0.508 e. The van der Waals surface area contributed by atoms with Crippen LogP contribution >= 0.6 is 11.8 Å². The lowest BCUT2D eigenvalue weighted by Gasteiger charge is -2.23. The molecule has 0 spiro atoms. The fourth-order valence-electron chi connectivity index (χ4n) is 3.21. The highest BCUT2D eigenvalue weighted by Gasteiger charge is 2.22. The Morgan fingerprint density at radius 2 is 1.79 bits per heavy atom. The normalized spacial score (nSPS) is 12.3. The van der Waals surface area contributed by atoms with Crippen LogP contribution in [-0.4, -0.2) is 50.4 Å². The summed E-state index contributed by atoms with van der Waals surface area (Å²) in [6.45, 7) is 2.79. The first-order valence-corrected chi connectivity index (χ1v) is 10.6. The molecular formula is C22H26N4O2S. The Hall–Kier alpha value is -2.64. The Balaban J connectivity index is 1.84. The van der Waals surface area contributed by atoms with Crippen LogP contribution in [-0.2, 0) is 6.54 Å². The number of phenols is 1. The SMILES string of the molecule is CC[C@@H](c1nnc(SCC(=O)c2ccc(O)cc2)n1Cc1ccccc1)N(C)C. The van der Waals surface area contributed by atoms with E-state index in [1.807, 2.05) is 32.3 Å². The lowest BCUT2D eigenvalue weighted by Crippen LogP contribution is -2.23. The van der Waals surface area contributed by atoms with Crippen LogP contribution < -0.4 is 0 Å². The Kier molecular flexibility index (Phi) is 7.06. The summed E-state index contributed by atoms with van der Waals surface area (Å²) in [7, 11) is 4.08. The van der Waals surface area contributed by atoms with E-state index >= 15 is 0 Å². The van der Waals surface area contributed by atoms with Gasteiger partial charge in [0.1, 0.15) is 5.75 Å². The predicted octanol–water partition coefficient (Wildman–Crippen LogP) is 4.02. The molecule has 1 heterocycles. The minimum atomic E-state index is -0.00883. The highest BCUT2D eigenvalue weighted by Crippen LogP contribution is 2.26. The van der Waals surface area contributed by atoms with E-state index in [4.69, 9.17) is 0 Å². The van der Waals surface area contributed by atoms with Crippen molar-refractivity contribution in [2.45, 2.75) is 31.1 Å². The van der Waals surface area contributed by atoms with Crippen molar-refractivity contribution in [2.75, 3.05) is 19.8 Å². The molecule has 3 rings (SSSR count). The van der Waals surface area contributed by atoms with Gasteiger partial charge in [-0.3, -0.25) is 9.69 Å². The molecule has 3 aromatic rings. The van der Waals surface area contributed by atoms with Crippen molar-refractivity contribution < 1.29 is 9.90 Å². The smallest absolute Gasteiger partial charge is 0.192 e. The molecule has 1 N–H and O–H groups in total. The molecule has 0 aliphatic rings. The van der Waals surface area contributed by atoms with Crippen LogP contribution in [0.2, 0.25) is 0 Å². The van der Waals surface area contributed by atoms with E-state index < -0.39 is 0 Å². The van der Waals surface area contributed by atoms with Crippen LogP contribution in [0.4, 0.5) is 0 Å². The number of benzene rings is 2. The molecule has 0 aliphatic carbocycles. The van der Waals surface area contributed by atoms with Gasteiger partial charge in [0.2, 0.25) is 0 Å². The molecule has 152 valence electrons. The molecule has 0 fully saturated rings. The van der Waals surface area contributed by atoms with Crippen molar-refractivity contribution in [3.8, 4) is 5.75 Å². The highest BCUT2D eigenvalue weighted by molar-refractivity contribution is 7.99. The first kappa shape index (κ1) is 21.1. The number of hydrogen-bond donors (Lipinski definition) is 1. The lowest BCUT2D eigenvalue weighted by atomic mass is 10.1. The third-order valence-electron chi connectivity index (χ3n) is 4.76. The maximum absolute atomic E-state index is 12.5. The fraction of sp³-hybridized carbons (Fsp3) is 0.318. The molecule has 0 radical (unpaired) electrons. The summed E-state index contributed by atoms with van der Waals surface area (Å²) in [6.07, 6.45) is 0.914. The Morgan fingerprint density at radius 3 is 2.41 bits per heavy atom. The zero-order chi connectivity index (χ0) is 20.8. The van der Waals surface area contributed by atoms with E-state index in [-0.39, 0.29) is 23.3 Å². The number of aromatic hydroxyl groups is 1. The van der Waals surface area contributed by atoms with E-state index in [1.165, 1.54) is 23.9 Å². The molecule has 7 heteroatoms. The van der Waals surface area contributed by atoms with Gasteiger partial charge in [-0.1, -0.05) is 49.0 Å². The van der Waals surface area contributed by atoms with Gasteiger partial charge in [0.25, 0.3) is 0 Å². The Labute approximate surface area is 175 Å². The molecule has 0 bridgehead atoms. The second kappa shape index (κ2) is 9.71. The summed E-state index contributed by atoms with van der Waals surface area (Å²) in [5, 5.41) is 19.0. The van der Waals surface area contributed by atoms with Crippen LogP contribution in [0.5, 0.6) is 5.75 Å². The van der Waals surface area contributed by atoms with Crippen molar-refractivity contribution >= 4 is 17.5 Å². The monoisotopic (exact) mass is 410 g/mol. The summed E-state index contributed by atoms with van der Waals surface area (Å²) < 4.78 is 2.11. The van der Waals surface area contributed by atoms with Gasteiger partial charge >= 0.3 is 0 Å². The molecule has 1 aromatic heterocycles. The van der Waals surface area contributed by atoms with Gasteiger partial charge < -0.3 is 9.67 Å². The maximum atomic E-state index is 12.5. The van der Waals surface area contributed by atoms with Crippen LogP contribution in [0.25, 0.3) is 0 Å². The highest BCUT2D eigenvalue weighted by atomic mass is 32.2. The van der Waals surface area contributed by atoms with Crippen molar-refractivity contribution in [2.24, 2.45) is 0 Å². The maximum Gasteiger partial charge on any atom is 0.192 e. The number of hydrogen-bond acceptors (Lipinski definition) is 6. The third-order valence-corrected chi connectivity index (χ3v) is 5.73. The van der Waals surface area contributed by atoms with Gasteiger partial charge in [-0.25, -0.2) is 0 Å². The van der Waals surface area contributed by atoms with E-state index in [2.05, 4.69) is 38.7 Å². The van der Waals surface area contributed by atoms with E-state index in [9.17, 15) is 9.90 Å². The van der Waals surface area contributed by atoms with Gasteiger partial charge in [0.15, 0.2) is 16.8 Å². The van der Waals surface area contributed by atoms with Gasteiger partial charge in [0.05, 0.1) is 18.3 Å². The third kappa shape index (κ3) is 5.25. The second-order valence-electron chi connectivity index (χ2n) is 7.06. The van der Waals surface area contributed by atoms with Gasteiger partial charge in [-0.05, 0) is 50.3 Å². The van der Waals surface area contributed by atoms with Gasteiger partial charge in [0, 0.05) is 5.56 Å². The number of Topliss-reactive ketones (excluding diaryl/α,β-unsaturated/α-hetero) is 1. The van der Waals surface area contributed by atoms with Crippen LogP contribution in [0, 0.1) is 0 Å². The molecule has 0 aliphatic heterocycles. The van der Waals surface area contributed by atoms with Crippen molar-refractivity contribution in [3.05, 3.63) is 71.5 Å². The predicted molar refractivity (Wildman–Crippen MR) is 115 cm³/mol. The molecule has 2 aromatic carbocycles. The van der Waals surface area contributed by atoms with Crippen molar-refractivity contribution in [3.63, 3.8) is 0 Å². The summed E-state index contributed by atoms with van der Waals surface area (Å²) in [5.74, 6) is 1.30. The summed E-state index contributed by atoms with van der Waals surface area (Å²) in [5.41, 5.74) is 1.73. The van der Waals surface area contributed by atoms with Crippen molar-refractivity contribution in [1.29, 1.82) is 0 Å². The average Bonchev–Trinajstić information content (AvgIpc) is 3.10. The minimum Gasteiger partial charge on any atom is -0.508 e. The standard InChI is InChI=1S/C22H26N4O2S/c1-4-19(25(2)3)21-23-24-22(26(21)14-16-8-6-5-7-9-16)29-15-20(28)17-10-12-18(27)13-11-17/h5-13,19,27H,4,14-15H2,1-3H3/t19-/m0/s1. The topological polar surface area (TPSA) is 71.2 Å². The number of rotatable bonds is 9.